The summed E-state index contributed by atoms with van der Waals surface area (Å²) in [5.41, 5.74) is 2.68. The number of carboxylic acids is 1. The summed E-state index contributed by atoms with van der Waals surface area (Å²) in [6.45, 7) is -0.373. The van der Waals surface area contributed by atoms with Crippen LogP contribution in [0.5, 0.6) is 5.75 Å². The van der Waals surface area contributed by atoms with Gasteiger partial charge in [0.1, 0.15) is 5.75 Å². The van der Waals surface area contributed by atoms with Gasteiger partial charge in [-0.15, -0.1) is 0 Å². The number of carboxylic acid groups (broad SMARTS) is 1. The second-order valence-corrected chi connectivity index (χ2v) is 4.75. The van der Waals surface area contributed by atoms with Crippen molar-refractivity contribution in [2.24, 2.45) is 5.10 Å². The van der Waals surface area contributed by atoms with Crippen molar-refractivity contribution in [2.45, 2.75) is 0 Å². The molecule has 0 aliphatic rings. The van der Waals surface area contributed by atoms with Crippen molar-refractivity contribution >= 4 is 23.8 Å². The fourth-order valence-electron chi connectivity index (χ4n) is 1.75. The molecule has 2 aromatic carbocycles. The Morgan fingerprint density at radius 3 is 2.56 bits per heavy atom. The van der Waals surface area contributed by atoms with Gasteiger partial charge in [0, 0.05) is 6.07 Å². The average molecular weight is 342 g/mol. The Balaban J connectivity index is 1.83. The third-order valence-corrected chi connectivity index (χ3v) is 2.95. The molecule has 9 nitrogen and oxygen atoms in total. The molecule has 0 unspecified atom stereocenters. The van der Waals surface area contributed by atoms with Crippen molar-refractivity contribution in [3.63, 3.8) is 0 Å². The summed E-state index contributed by atoms with van der Waals surface area (Å²) in [5, 5.41) is 24.9. The third kappa shape index (κ3) is 5.43. The third-order valence-electron chi connectivity index (χ3n) is 2.95. The highest BCUT2D eigenvalue weighted by atomic mass is 16.6. The predicted molar refractivity (Wildman–Crippen MR) is 85.1 cm³/mol. The summed E-state index contributed by atoms with van der Waals surface area (Å²) in [6.07, 6.45) is 1.32. The molecule has 25 heavy (non-hydrogen) atoms. The van der Waals surface area contributed by atoms with E-state index in [4.69, 9.17) is 4.74 Å². The number of nitrogens with zero attached hydrogens (tertiary/aromatic N) is 2. The van der Waals surface area contributed by atoms with Gasteiger partial charge in [-0.1, -0.05) is 30.3 Å². The largest absolute Gasteiger partial charge is 0.545 e. The van der Waals surface area contributed by atoms with Crippen LogP contribution in [0.2, 0.25) is 0 Å². The number of carbonyl (C=O) groups excluding carboxylic acids is 2. The Bertz CT molecular complexity index is 817. The lowest BCUT2D eigenvalue weighted by molar-refractivity contribution is -0.384. The Labute approximate surface area is 141 Å². The molecule has 0 aliphatic heterocycles. The number of benzene rings is 2. The lowest BCUT2D eigenvalue weighted by atomic mass is 10.1. The van der Waals surface area contributed by atoms with Crippen LogP contribution in [-0.2, 0) is 4.79 Å². The van der Waals surface area contributed by atoms with Crippen LogP contribution < -0.4 is 15.3 Å². The van der Waals surface area contributed by atoms with Gasteiger partial charge < -0.3 is 14.6 Å². The number of hydrogen-bond acceptors (Lipinski definition) is 7. The van der Waals surface area contributed by atoms with Crippen molar-refractivity contribution in [1.29, 1.82) is 0 Å². The zero-order valence-electron chi connectivity index (χ0n) is 12.7. The quantitative estimate of drug-likeness (QED) is 0.442. The molecule has 1 amide bonds. The summed E-state index contributed by atoms with van der Waals surface area (Å²) in [7, 11) is 0. The van der Waals surface area contributed by atoms with Gasteiger partial charge >= 0.3 is 0 Å². The van der Waals surface area contributed by atoms with E-state index in [-0.39, 0.29) is 23.6 Å². The van der Waals surface area contributed by atoms with E-state index in [1.807, 2.05) is 0 Å². The Hall–Kier alpha value is -3.75. The second-order valence-electron chi connectivity index (χ2n) is 4.75. The maximum atomic E-state index is 11.6. The monoisotopic (exact) mass is 342 g/mol. The van der Waals surface area contributed by atoms with Crippen molar-refractivity contribution in [1.82, 2.24) is 5.43 Å². The predicted octanol–water partition coefficient (Wildman–Crippen LogP) is 0.487. The van der Waals surface area contributed by atoms with Crippen LogP contribution in [0.3, 0.4) is 0 Å². The van der Waals surface area contributed by atoms with Gasteiger partial charge in [0.2, 0.25) is 0 Å². The average Bonchev–Trinajstić information content (AvgIpc) is 2.60. The molecule has 0 saturated carbocycles. The van der Waals surface area contributed by atoms with E-state index in [0.717, 1.165) is 0 Å². The van der Waals surface area contributed by atoms with Gasteiger partial charge in [0.25, 0.3) is 11.6 Å². The maximum Gasteiger partial charge on any atom is 0.277 e. The normalized spacial score (nSPS) is 10.4. The van der Waals surface area contributed by atoms with Crippen LogP contribution in [0, 0.1) is 10.1 Å². The fourth-order valence-corrected chi connectivity index (χ4v) is 1.75. The van der Waals surface area contributed by atoms with Crippen molar-refractivity contribution in [3.8, 4) is 5.75 Å². The summed E-state index contributed by atoms with van der Waals surface area (Å²) in [5.74, 6) is -1.66. The molecule has 0 atom stereocenters. The number of nitro groups is 1. The van der Waals surface area contributed by atoms with Crippen molar-refractivity contribution in [3.05, 3.63) is 69.8 Å². The number of ether oxygens (including phenoxy) is 1. The minimum atomic E-state index is -1.28. The summed E-state index contributed by atoms with van der Waals surface area (Å²) >= 11 is 0. The molecule has 0 saturated heterocycles. The van der Waals surface area contributed by atoms with E-state index >= 15 is 0 Å². The molecule has 0 fully saturated rings. The first-order valence-electron chi connectivity index (χ1n) is 6.96. The van der Waals surface area contributed by atoms with Gasteiger partial charge in [0.05, 0.1) is 23.2 Å². The first kappa shape index (κ1) is 17.6. The summed E-state index contributed by atoms with van der Waals surface area (Å²) in [4.78, 5) is 32.3. The number of aromatic carboxylic acids is 1. The highest BCUT2D eigenvalue weighted by Crippen LogP contribution is 2.18. The van der Waals surface area contributed by atoms with Gasteiger partial charge in [-0.25, -0.2) is 5.43 Å². The van der Waals surface area contributed by atoms with E-state index in [1.165, 1.54) is 54.7 Å². The zero-order valence-corrected chi connectivity index (χ0v) is 12.7. The number of nitro benzene ring substituents is 1. The van der Waals surface area contributed by atoms with Gasteiger partial charge in [-0.3, -0.25) is 14.9 Å². The Morgan fingerprint density at radius 2 is 1.92 bits per heavy atom. The lowest BCUT2D eigenvalue weighted by Crippen LogP contribution is -2.24. The Kier molecular flexibility index (Phi) is 5.77. The molecule has 2 aromatic rings. The molecular formula is C16H12N3O6-. The van der Waals surface area contributed by atoms with Gasteiger partial charge in [-0.2, -0.15) is 5.10 Å². The first-order chi connectivity index (χ1) is 12.0. The number of nitrogens with one attached hydrogen (secondary N) is 1. The number of hydrogen-bond donors (Lipinski definition) is 1. The number of amides is 1. The molecule has 2 rings (SSSR count). The fraction of sp³-hybridized carbons (Fsp3) is 0.0625. The lowest BCUT2D eigenvalue weighted by Gasteiger charge is -2.04. The topological polar surface area (TPSA) is 134 Å². The van der Waals surface area contributed by atoms with E-state index in [9.17, 15) is 24.8 Å². The summed E-state index contributed by atoms with van der Waals surface area (Å²) in [6, 6.07) is 11.1. The van der Waals surface area contributed by atoms with Crippen LogP contribution in [0.25, 0.3) is 0 Å². The zero-order chi connectivity index (χ0) is 18.2. The van der Waals surface area contributed by atoms with Crippen LogP contribution in [0.1, 0.15) is 15.9 Å². The number of carbonyl (C=O) groups is 2. The molecule has 0 radical (unpaired) electrons. The standard InChI is InChI=1S/C16H13N3O6/c20-15(10-25-14-3-1-2-13(8-14)19(23)24)18-17-9-11-4-6-12(7-5-11)16(21)22/h1-9H,10H2,(H,18,20)(H,21,22)/p-1. The molecule has 0 bridgehead atoms. The van der Waals surface area contributed by atoms with Crippen LogP contribution >= 0.6 is 0 Å². The van der Waals surface area contributed by atoms with E-state index in [0.29, 0.717) is 5.56 Å². The molecular weight excluding hydrogens is 330 g/mol. The second kappa shape index (κ2) is 8.20. The van der Waals surface area contributed by atoms with E-state index in [2.05, 4.69) is 10.5 Å². The number of rotatable bonds is 7. The van der Waals surface area contributed by atoms with E-state index in [1.54, 1.807) is 0 Å². The minimum Gasteiger partial charge on any atom is -0.545 e. The molecule has 0 spiro atoms. The molecule has 0 aliphatic carbocycles. The smallest absolute Gasteiger partial charge is 0.277 e. The minimum absolute atomic E-state index is 0.0338. The number of non-ortho nitro benzene ring substituents is 1. The van der Waals surface area contributed by atoms with Gasteiger partial charge in [-0.05, 0) is 17.2 Å². The van der Waals surface area contributed by atoms with Crippen LogP contribution in [0.15, 0.2) is 53.6 Å². The van der Waals surface area contributed by atoms with Crippen LogP contribution in [0.4, 0.5) is 5.69 Å². The highest BCUT2D eigenvalue weighted by molar-refractivity contribution is 5.88. The summed E-state index contributed by atoms with van der Waals surface area (Å²) < 4.78 is 5.14. The first-order valence-corrected chi connectivity index (χ1v) is 6.96. The Morgan fingerprint density at radius 1 is 1.20 bits per heavy atom. The molecule has 1 N–H and O–H groups in total. The van der Waals surface area contributed by atoms with E-state index < -0.39 is 16.8 Å². The van der Waals surface area contributed by atoms with Crippen LogP contribution in [-0.4, -0.2) is 29.6 Å². The SMILES string of the molecule is O=C(COc1cccc([N+](=O)[O-])c1)NN=Cc1ccc(C(=O)[O-])cc1. The van der Waals surface area contributed by atoms with Crippen molar-refractivity contribution < 1.29 is 24.4 Å². The molecule has 9 heteroatoms. The molecule has 0 aromatic heterocycles. The highest BCUT2D eigenvalue weighted by Gasteiger charge is 2.07. The molecule has 128 valence electrons. The maximum absolute atomic E-state index is 11.6. The van der Waals surface area contributed by atoms with Crippen molar-refractivity contribution in [2.75, 3.05) is 6.61 Å². The molecule has 0 heterocycles. The number of hydrazone groups is 1. The van der Waals surface area contributed by atoms with Gasteiger partial charge in [0.15, 0.2) is 6.61 Å².